The lowest BCUT2D eigenvalue weighted by Crippen LogP contribution is -2.26. The zero-order valence-electron chi connectivity index (χ0n) is 17.5. The second-order valence-corrected chi connectivity index (χ2v) is 7.03. The number of dihydropyridines is 1. The molecule has 0 saturated heterocycles. The molecule has 0 amide bonds. The molecule has 9 heteroatoms. The van der Waals surface area contributed by atoms with Gasteiger partial charge in [0.15, 0.2) is 5.84 Å². The van der Waals surface area contributed by atoms with Crippen LogP contribution in [-0.4, -0.2) is 22.6 Å². The van der Waals surface area contributed by atoms with E-state index in [4.69, 9.17) is 4.99 Å². The van der Waals surface area contributed by atoms with Crippen molar-refractivity contribution < 1.29 is 5.21 Å². The van der Waals surface area contributed by atoms with E-state index in [1.807, 2.05) is 55.8 Å². The third-order valence-corrected chi connectivity index (χ3v) is 4.85. The Labute approximate surface area is 184 Å². The fourth-order valence-corrected chi connectivity index (χ4v) is 3.22. The average Bonchev–Trinajstić information content (AvgIpc) is 2.82. The van der Waals surface area contributed by atoms with Crippen molar-refractivity contribution in [2.45, 2.75) is 13.8 Å². The van der Waals surface area contributed by atoms with Crippen molar-refractivity contribution in [3.63, 3.8) is 0 Å². The predicted molar refractivity (Wildman–Crippen MR) is 127 cm³/mol. The van der Waals surface area contributed by atoms with E-state index in [0.717, 1.165) is 22.8 Å². The molecule has 0 unspecified atom stereocenters. The van der Waals surface area contributed by atoms with E-state index in [-0.39, 0.29) is 11.7 Å². The summed E-state index contributed by atoms with van der Waals surface area (Å²) in [6.45, 7) is 3.81. The van der Waals surface area contributed by atoms with Gasteiger partial charge in [-0.25, -0.2) is 20.5 Å². The molecule has 0 aromatic heterocycles. The average molecular weight is 427 g/mol. The van der Waals surface area contributed by atoms with Crippen LogP contribution in [0.4, 0.5) is 22.7 Å². The number of aliphatic imine (C=N–C) groups is 3. The minimum Gasteiger partial charge on any atom is -0.356 e. The maximum absolute atomic E-state index is 11.6. The van der Waals surface area contributed by atoms with Crippen molar-refractivity contribution in [2.75, 3.05) is 5.32 Å². The second kappa shape index (κ2) is 9.19. The van der Waals surface area contributed by atoms with Crippen LogP contribution in [0.2, 0.25) is 0 Å². The fraction of sp³-hybridized carbons (Fsp3) is 0.0870. The maximum Gasteiger partial charge on any atom is 0.242 e. The molecule has 0 radical (unpaired) electrons. The Balaban J connectivity index is 1.97. The third kappa shape index (κ3) is 4.37. The number of nitrogens with zero attached hydrogens (tertiary/aromatic N) is 4. The standard InChI is InChI=1S/C23H21N7O2/c1-14-16-12-7-13-17(26-16)15(2)25-19-9-4-6-11-21(19)28-23(30-32)22(29-31)27-20-10-5-3-8-18(20)24-14/h3-13,24,26,32H,1-2H3,(H,28,30). The van der Waals surface area contributed by atoms with Crippen LogP contribution in [0.5, 0.6) is 0 Å². The van der Waals surface area contributed by atoms with Gasteiger partial charge in [-0.2, -0.15) is 0 Å². The first-order chi connectivity index (χ1) is 15.6. The molecule has 2 heterocycles. The number of nitrogens with one attached hydrogen (secondary N) is 3. The van der Waals surface area contributed by atoms with E-state index in [9.17, 15) is 10.1 Å². The number of hydroxylamine groups is 1. The summed E-state index contributed by atoms with van der Waals surface area (Å²) in [5, 5.41) is 19.4. The quantitative estimate of drug-likeness (QED) is 0.349. The maximum atomic E-state index is 11.6. The summed E-state index contributed by atoms with van der Waals surface area (Å²) in [6.07, 6.45) is 5.83. The molecule has 2 aromatic carbocycles. The smallest absolute Gasteiger partial charge is 0.242 e. The Morgan fingerprint density at radius 2 is 1.59 bits per heavy atom. The van der Waals surface area contributed by atoms with E-state index in [2.05, 4.69) is 25.8 Å². The molecule has 2 aliphatic heterocycles. The molecule has 0 spiro atoms. The number of allylic oxidation sites excluding steroid dienone is 5. The molecule has 32 heavy (non-hydrogen) atoms. The highest BCUT2D eigenvalue weighted by atomic mass is 16.5. The molecular weight excluding hydrogens is 406 g/mol. The van der Waals surface area contributed by atoms with Crippen LogP contribution < -0.4 is 16.1 Å². The number of para-hydroxylation sites is 4. The molecule has 4 rings (SSSR count). The van der Waals surface area contributed by atoms with Gasteiger partial charge in [0.1, 0.15) is 0 Å². The molecule has 0 aliphatic carbocycles. The van der Waals surface area contributed by atoms with E-state index in [1.165, 1.54) is 0 Å². The number of benzene rings is 2. The second-order valence-electron chi connectivity index (χ2n) is 7.03. The number of nitroso groups, excluding NO2 is 1. The van der Waals surface area contributed by atoms with E-state index >= 15 is 0 Å². The number of hydrogen-bond acceptors (Lipinski definition) is 9. The first-order valence-corrected chi connectivity index (χ1v) is 9.87. The van der Waals surface area contributed by atoms with E-state index < -0.39 is 0 Å². The van der Waals surface area contributed by atoms with Crippen molar-refractivity contribution in [3.8, 4) is 0 Å². The summed E-state index contributed by atoms with van der Waals surface area (Å²) < 4.78 is 0. The molecule has 160 valence electrons. The van der Waals surface area contributed by atoms with Crippen LogP contribution >= 0.6 is 0 Å². The summed E-state index contributed by atoms with van der Waals surface area (Å²) in [5.74, 6) is -0.505. The van der Waals surface area contributed by atoms with Gasteiger partial charge in [0.25, 0.3) is 0 Å². The van der Waals surface area contributed by atoms with Gasteiger partial charge < -0.3 is 10.6 Å². The Kier molecular flexibility index (Phi) is 6.00. The third-order valence-electron chi connectivity index (χ3n) is 4.85. The monoisotopic (exact) mass is 427 g/mol. The lowest BCUT2D eigenvalue weighted by Gasteiger charge is -2.19. The fourth-order valence-electron chi connectivity index (χ4n) is 3.22. The number of rotatable bonds is 0. The Bertz CT molecular complexity index is 1250. The SMILES string of the molecule is CC1=Nc2ccccc2N=C(NO)C(N=O)=Nc2ccccc2NC(C)=C2C=CC=C1N2. The Morgan fingerprint density at radius 3 is 2.31 bits per heavy atom. The highest BCUT2D eigenvalue weighted by Crippen LogP contribution is 2.30. The molecule has 0 saturated carbocycles. The van der Waals surface area contributed by atoms with Crippen molar-refractivity contribution in [3.05, 3.63) is 88.8 Å². The zero-order chi connectivity index (χ0) is 22.5. The highest BCUT2D eigenvalue weighted by Gasteiger charge is 2.15. The van der Waals surface area contributed by atoms with E-state index in [0.29, 0.717) is 22.7 Å². The first-order valence-electron chi connectivity index (χ1n) is 9.87. The lowest BCUT2D eigenvalue weighted by molar-refractivity contribution is 0.236. The Hall–Kier alpha value is -4.37. The van der Waals surface area contributed by atoms with Crippen LogP contribution in [0.1, 0.15) is 13.8 Å². The van der Waals surface area contributed by atoms with Gasteiger partial charge in [0.05, 0.1) is 39.9 Å². The largest absolute Gasteiger partial charge is 0.356 e. The van der Waals surface area contributed by atoms with Gasteiger partial charge in [0, 0.05) is 5.70 Å². The molecule has 2 aliphatic rings. The molecule has 0 fully saturated rings. The molecule has 0 atom stereocenters. The van der Waals surface area contributed by atoms with Gasteiger partial charge in [-0.15, -0.1) is 4.91 Å². The summed E-state index contributed by atoms with van der Waals surface area (Å²) in [4.78, 5) is 25.0. The number of anilines is 1. The van der Waals surface area contributed by atoms with Gasteiger partial charge in [0.2, 0.25) is 5.84 Å². The topological polar surface area (TPSA) is 123 Å². The summed E-state index contributed by atoms with van der Waals surface area (Å²) in [6, 6.07) is 14.3. The predicted octanol–water partition coefficient (Wildman–Crippen LogP) is 4.98. The van der Waals surface area contributed by atoms with Crippen molar-refractivity contribution in [1.29, 1.82) is 0 Å². The minimum absolute atomic E-state index is 0.196. The summed E-state index contributed by atoms with van der Waals surface area (Å²) in [7, 11) is 0. The van der Waals surface area contributed by atoms with Crippen LogP contribution in [0, 0.1) is 4.91 Å². The first kappa shape index (κ1) is 20.9. The van der Waals surface area contributed by atoms with Gasteiger partial charge in [-0.1, -0.05) is 30.3 Å². The number of hydrogen-bond donors (Lipinski definition) is 4. The van der Waals surface area contributed by atoms with Gasteiger partial charge in [-0.05, 0) is 55.4 Å². The van der Waals surface area contributed by atoms with Gasteiger partial charge >= 0.3 is 0 Å². The molecule has 2 bridgehead atoms. The Morgan fingerprint density at radius 1 is 0.906 bits per heavy atom. The summed E-state index contributed by atoms with van der Waals surface area (Å²) in [5.41, 5.74) is 7.30. The molecular formula is C23H21N7O2. The van der Waals surface area contributed by atoms with Crippen LogP contribution in [0.15, 0.2) is 104 Å². The van der Waals surface area contributed by atoms with Crippen molar-refractivity contribution >= 4 is 40.1 Å². The number of amidine groups is 2. The summed E-state index contributed by atoms with van der Waals surface area (Å²) >= 11 is 0. The molecule has 4 N–H and O–H groups in total. The number of fused-ring (bicyclic) bond motifs is 4. The lowest BCUT2D eigenvalue weighted by atomic mass is 10.1. The van der Waals surface area contributed by atoms with Gasteiger partial charge in [-0.3, -0.25) is 5.21 Å². The van der Waals surface area contributed by atoms with Crippen molar-refractivity contribution in [2.24, 2.45) is 20.2 Å². The highest BCUT2D eigenvalue weighted by molar-refractivity contribution is 6.41. The minimum atomic E-state index is -0.308. The molecule has 2 aromatic rings. The molecule has 9 nitrogen and oxygen atoms in total. The zero-order valence-corrected chi connectivity index (χ0v) is 17.5. The van der Waals surface area contributed by atoms with E-state index in [1.54, 1.807) is 30.3 Å². The van der Waals surface area contributed by atoms with Crippen LogP contribution in [0.3, 0.4) is 0 Å². The van der Waals surface area contributed by atoms with Crippen LogP contribution in [-0.2, 0) is 0 Å². The van der Waals surface area contributed by atoms with Crippen LogP contribution in [0.25, 0.3) is 0 Å². The van der Waals surface area contributed by atoms with Crippen molar-refractivity contribution in [1.82, 2.24) is 10.8 Å². The normalized spacial score (nSPS) is 15.8.